The Morgan fingerprint density at radius 1 is 1.13 bits per heavy atom. The molecule has 9 nitrogen and oxygen atoms in total. The van der Waals surface area contributed by atoms with Gasteiger partial charge in [-0.3, -0.25) is 9.59 Å². The predicted octanol–water partition coefficient (Wildman–Crippen LogP) is 3.49. The number of methoxy groups -OCH3 is 1. The van der Waals surface area contributed by atoms with Crippen LogP contribution in [0, 0.1) is 17.8 Å². The highest BCUT2D eigenvalue weighted by atomic mass is 16.7. The van der Waals surface area contributed by atoms with Gasteiger partial charge in [0.25, 0.3) is 0 Å². The van der Waals surface area contributed by atoms with Crippen molar-refractivity contribution in [3.63, 3.8) is 0 Å². The number of hydrogen-bond donors (Lipinski definition) is 2. The van der Waals surface area contributed by atoms with E-state index in [-0.39, 0.29) is 17.9 Å². The van der Waals surface area contributed by atoms with Crippen LogP contribution in [0.3, 0.4) is 0 Å². The van der Waals surface area contributed by atoms with E-state index in [2.05, 4.69) is 4.90 Å². The smallest absolute Gasteiger partial charge is 0.311 e. The molecule has 1 saturated heterocycles. The molecule has 11 atom stereocenters. The van der Waals surface area contributed by atoms with Gasteiger partial charge in [-0.15, -0.1) is 0 Å². The number of hydrogen-bond acceptors (Lipinski definition) is 9. The molecule has 2 N–H and O–H groups in total. The molecule has 0 aromatic heterocycles. The normalized spacial score (nSPS) is 44.9. The molecule has 0 aliphatic carbocycles. The predicted molar refractivity (Wildman–Crippen MR) is 149 cm³/mol. The van der Waals surface area contributed by atoms with Crippen LogP contribution in [-0.4, -0.2) is 96.0 Å². The molecule has 0 saturated carbocycles. The van der Waals surface area contributed by atoms with Crippen molar-refractivity contribution in [3.8, 4) is 0 Å². The van der Waals surface area contributed by atoms with Crippen LogP contribution in [0.2, 0.25) is 0 Å². The van der Waals surface area contributed by atoms with Crippen LogP contribution in [0.15, 0.2) is 11.6 Å². The minimum atomic E-state index is -1.56. The molecule has 2 aliphatic heterocycles. The number of aliphatic hydroxyl groups is 2. The number of rotatable bonds is 5. The summed E-state index contributed by atoms with van der Waals surface area (Å²) in [5.41, 5.74) is -2.18. The van der Waals surface area contributed by atoms with Crippen LogP contribution in [0.1, 0.15) is 81.1 Å². The first kappa shape index (κ1) is 33.8. The van der Waals surface area contributed by atoms with Crippen molar-refractivity contribution in [3.05, 3.63) is 11.6 Å². The molecule has 2 aliphatic rings. The van der Waals surface area contributed by atoms with Crippen molar-refractivity contribution in [2.75, 3.05) is 21.2 Å². The third kappa shape index (κ3) is 8.11. The van der Waals surface area contributed by atoms with E-state index < -0.39 is 59.5 Å². The molecular formula is C30H53NO8. The van der Waals surface area contributed by atoms with Gasteiger partial charge in [-0.2, -0.15) is 0 Å². The molecule has 0 aromatic carbocycles. The first-order valence-electron chi connectivity index (χ1n) is 14.3. The molecule has 0 spiro atoms. The Morgan fingerprint density at radius 2 is 1.74 bits per heavy atom. The average Bonchev–Trinajstić information content (AvgIpc) is 2.86. The SMILES string of the molecule is CC[C@H]1OC(=O)[C@H](C)[C@@H](O)[C@H](C)[C@@H](OC2C[C@@H](N(C)C)C[C@@H](C)O2)[C@](C)(OC)C[C@@H](C)C(=O)/C(C)=C/[C@]1(C)O. The number of Topliss-reactive ketones (excluding diaryl/α,β-unsaturated/α-hetero) is 1. The number of nitrogens with zero attached hydrogens (tertiary/aromatic N) is 1. The molecule has 0 amide bonds. The summed E-state index contributed by atoms with van der Waals surface area (Å²) in [6.07, 6.45) is 0.307. The molecule has 0 radical (unpaired) electrons. The molecule has 39 heavy (non-hydrogen) atoms. The first-order valence-corrected chi connectivity index (χ1v) is 14.3. The van der Waals surface area contributed by atoms with E-state index in [1.54, 1.807) is 27.9 Å². The molecular weight excluding hydrogens is 502 g/mol. The number of ketones is 1. The maximum Gasteiger partial charge on any atom is 0.311 e. The summed E-state index contributed by atoms with van der Waals surface area (Å²) in [4.78, 5) is 28.8. The van der Waals surface area contributed by atoms with Crippen LogP contribution in [0.5, 0.6) is 0 Å². The lowest BCUT2D eigenvalue weighted by Gasteiger charge is -2.46. The second-order valence-electron chi connectivity index (χ2n) is 12.5. The molecule has 1 fully saturated rings. The van der Waals surface area contributed by atoms with Gasteiger partial charge in [-0.1, -0.05) is 20.8 Å². The van der Waals surface area contributed by atoms with Crippen molar-refractivity contribution in [1.82, 2.24) is 4.90 Å². The van der Waals surface area contributed by atoms with E-state index in [9.17, 15) is 19.8 Å². The van der Waals surface area contributed by atoms with Crippen LogP contribution in [-0.2, 0) is 28.5 Å². The Hall–Kier alpha value is -1.36. The number of aliphatic hydroxyl groups excluding tert-OH is 1. The fourth-order valence-corrected chi connectivity index (χ4v) is 6.21. The zero-order valence-corrected chi connectivity index (χ0v) is 25.9. The third-order valence-electron chi connectivity index (χ3n) is 8.79. The van der Waals surface area contributed by atoms with Gasteiger partial charge in [0.15, 0.2) is 12.1 Å². The summed E-state index contributed by atoms with van der Waals surface area (Å²) in [5.74, 6) is -2.73. The van der Waals surface area contributed by atoms with Crippen LogP contribution in [0.25, 0.3) is 0 Å². The largest absolute Gasteiger partial charge is 0.459 e. The first-order chi connectivity index (χ1) is 18.0. The lowest BCUT2D eigenvalue weighted by atomic mass is 9.76. The summed E-state index contributed by atoms with van der Waals surface area (Å²) < 4.78 is 24.6. The summed E-state index contributed by atoms with van der Waals surface area (Å²) >= 11 is 0. The molecule has 1 unspecified atom stereocenters. The zero-order chi connectivity index (χ0) is 29.9. The molecule has 0 aromatic rings. The van der Waals surface area contributed by atoms with E-state index in [4.69, 9.17) is 18.9 Å². The van der Waals surface area contributed by atoms with Crippen molar-refractivity contribution in [2.45, 2.75) is 129 Å². The van der Waals surface area contributed by atoms with Gasteiger partial charge in [0.2, 0.25) is 0 Å². The van der Waals surface area contributed by atoms with Gasteiger partial charge >= 0.3 is 5.97 Å². The van der Waals surface area contributed by atoms with E-state index in [1.165, 1.54) is 13.0 Å². The summed E-state index contributed by atoms with van der Waals surface area (Å²) in [7, 11) is 5.63. The van der Waals surface area contributed by atoms with Crippen molar-refractivity contribution in [2.24, 2.45) is 17.8 Å². The van der Waals surface area contributed by atoms with E-state index in [0.717, 1.165) is 6.42 Å². The van der Waals surface area contributed by atoms with Crippen LogP contribution in [0.4, 0.5) is 0 Å². The fraction of sp³-hybridized carbons (Fsp3) is 0.867. The zero-order valence-electron chi connectivity index (χ0n) is 25.9. The Morgan fingerprint density at radius 3 is 2.28 bits per heavy atom. The summed E-state index contributed by atoms with van der Waals surface area (Å²) in [5, 5.41) is 22.6. The van der Waals surface area contributed by atoms with Crippen LogP contribution >= 0.6 is 0 Å². The van der Waals surface area contributed by atoms with Crippen molar-refractivity contribution >= 4 is 11.8 Å². The van der Waals surface area contributed by atoms with Gasteiger partial charge < -0.3 is 34.1 Å². The number of allylic oxidation sites excluding steroid dienone is 1. The molecule has 9 heteroatoms. The Kier molecular flexibility index (Phi) is 11.7. The highest BCUT2D eigenvalue weighted by molar-refractivity contribution is 5.96. The lowest BCUT2D eigenvalue weighted by Crippen LogP contribution is -2.55. The van der Waals surface area contributed by atoms with Gasteiger partial charge in [-0.25, -0.2) is 0 Å². The fourth-order valence-electron chi connectivity index (χ4n) is 6.21. The molecule has 2 heterocycles. The van der Waals surface area contributed by atoms with E-state index in [1.807, 2.05) is 41.8 Å². The average molecular weight is 556 g/mol. The van der Waals surface area contributed by atoms with Gasteiger partial charge in [0, 0.05) is 31.4 Å². The molecule has 0 bridgehead atoms. The Bertz CT molecular complexity index is 873. The Labute approximate surface area is 235 Å². The number of ether oxygens (including phenoxy) is 4. The van der Waals surface area contributed by atoms with Gasteiger partial charge in [-0.05, 0) is 79.6 Å². The van der Waals surface area contributed by atoms with E-state index >= 15 is 0 Å². The second kappa shape index (κ2) is 13.5. The lowest BCUT2D eigenvalue weighted by molar-refractivity contribution is -0.270. The second-order valence-corrected chi connectivity index (χ2v) is 12.5. The highest BCUT2D eigenvalue weighted by Gasteiger charge is 2.48. The van der Waals surface area contributed by atoms with Crippen molar-refractivity contribution < 1.29 is 38.7 Å². The van der Waals surface area contributed by atoms with Crippen LogP contribution < -0.4 is 0 Å². The van der Waals surface area contributed by atoms with E-state index in [0.29, 0.717) is 24.8 Å². The Balaban J connectivity index is 2.57. The molecule has 226 valence electrons. The number of carbonyl (C=O) groups is 2. The van der Waals surface area contributed by atoms with Gasteiger partial charge in [0.05, 0.1) is 29.8 Å². The quantitative estimate of drug-likeness (QED) is 0.492. The maximum absolute atomic E-state index is 13.5. The monoisotopic (exact) mass is 555 g/mol. The molecule has 2 rings (SSSR count). The summed E-state index contributed by atoms with van der Waals surface area (Å²) in [6.45, 7) is 14.2. The van der Waals surface area contributed by atoms with Gasteiger partial charge in [0.1, 0.15) is 11.7 Å². The standard InChI is InChI=1S/C30H53NO8/c1-12-23-29(7,35)15-17(2)25(32)18(3)16-30(8,36-11)27(20(5)26(33)21(6)28(34)38-23)39-24-14-22(31(9)10)13-19(4)37-24/h15,18-24,26-27,33,35H,12-14,16H2,1-11H3/b17-15+/t18-,19-,20+,21-,22+,23-,24?,26+,27-,29+,30-/m1/s1. The number of cyclic esters (lactones) is 1. The minimum absolute atomic E-state index is 0.0235. The maximum atomic E-state index is 13.5. The third-order valence-corrected chi connectivity index (χ3v) is 8.79. The number of carbonyl (C=O) groups excluding carboxylic acids is 2. The number of esters is 1. The highest BCUT2D eigenvalue weighted by Crippen LogP contribution is 2.38. The topological polar surface area (TPSA) is 115 Å². The van der Waals surface area contributed by atoms with Crippen molar-refractivity contribution in [1.29, 1.82) is 0 Å². The summed E-state index contributed by atoms with van der Waals surface area (Å²) in [6, 6.07) is 0.257. The minimum Gasteiger partial charge on any atom is -0.459 e.